The number of unbranched alkanes of at least 4 members (excludes halogenated alkanes) is 1. The van der Waals surface area contributed by atoms with Gasteiger partial charge in [0.2, 0.25) is 17.7 Å². The van der Waals surface area contributed by atoms with Crippen LogP contribution in [0, 0.1) is 16.7 Å². The van der Waals surface area contributed by atoms with E-state index in [0.717, 1.165) is 27.9 Å². The van der Waals surface area contributed by atoms with E-state index in [2.05, 4.69) is 24.1 Å². The Morgan fingerprint density at radius 1 is 1.02 bits per heavy atom. The number of benzene rings is 1. The monoisotopic (exact) mass is 580 g/mol. The molecule has 42 heavy (non-hydrogen) atoms. The molecule has 0 bridgehead atoms. The summed E-state index contributed by atoms with van der Waals surface area (Å²) in [7, 11) is 1.63. The van der Waals surface area contributed by atoms with Gasteiger partial charge in [-0.2, -0.15) is 0 Å². The minimum atomic E-state index is -0.875. The molecule has 9 nitrogen and oxygen atoms in total. The van der Waals surface area contributed by atoms with Crippen LogP contribution in [0.5, 0.6) is 5.75 Å². The van der Waals surface area contributed by atoms with Crippen molar-refractivity contribution in [3.63, 3.8) is 0 Å². The van der Waals surface area contributed by atoms with E-state index in [1.807, 2.05) is 39.0 Å². The van der Waals surface area contributed by atoms with Crippen LogP contribution in [0.25, 0.3) is 10.9 Å². The van der Waals surface area contributed by atoms with Crippen LogP contribution < -0.4 is 10.1 Å². The number of fused-ring (bicyclic) bond motifs is 4. The minimum Gasteiger partial charge on any atom is -0.497 e. The molecule has 3 atom stereocenters. The first-order valence-corrected chi connectivity index (χ1v) is 15.2. The van der Waals surface area contributed by atoms with Gasteiger partial charge >= 0.3 is 0 Å². The van der Waals surface area contributed by atoms with Crippen LogP contribution in [0.3, 0.4) is 0 Å². The quantitative estimate of drug-likeness (QED) is 0.421. The third-order valence-electron chi connectivity index (χ3n) is 8.35. The van der Waals surface area contributed by atoms with Crippen LogP contribution in [0.2, 0.25) is 0 Å². The number of hydrogen-bond donors (Lipinski definition) is 2. The number of piperazine rings is 1. The molecule has 2 aliphatic heterocycles. The molecule has 0 spiro atoms. The van der Waals surface area contributed by atoms with Crippen LogP contribution in [0.1, 0.15) is 98.4 Å². The summed E-state index contributed by atoms with van der Waals surface area (Å²) >= 11 is 0. The van der Waals surface area contributed by atoms with E-state index in [1.165, 1.54) is 4.90 Å². The van der Waals surface area contributed by atoms with E-state index < -0.39 is 22.9 Å². The lowest BCUT2D eigenvalue weighted by atomic mass is 9.83. The van der Waals surface area contributed by atoms with E-state index in [0.29, 0.717) is 38.6 Å². The van der Waals surface area contributed by atoms with Crippen molar-refractivity contribution in [1.82, 2.24) is 20.1 Å². The van der Waals surface area contributed by atoms with Crippen LogP contribution in [0.15, 0.2) is 18.2 Å². The first kappa shape index (κ1) is 31.6. The van der Waals surface area contributed by atoms with Gasteiger partial charge in [-0.25, -0.2) is 0 Å². The Labute approximate surface area is 249 Å². The molecular weight excluding hydrogens is 532 g/mol. The number of methoxy groups -OCH3 is 1. The summed E-state index contributed by atoms with van der Waals surface area (Å²) in [5, 5.41) is 3.96. The van der Waals surface area contributed by atoms with Crippen molar-refractivity contribution in [1.29, 1.82) is 0 Å². The highest BCUT2D eigenvalue weighted by Crippen LogP contribution is 2.44. The fourth-order valence-electron chi connectivity index (χ4n) is 6.11. The molecule has 0 aliphatic carbocycles. The molecular formula is C33H48N4O5. The average molecular weight is 581 g/mol. The van der Waals surface area contributed by atoms with Gasteiger partial charge in [0.25, 0.3) is 5.91 Å². The maximum Gasteiger partial charge on any atom is 0.253 e. The van der Waals surface area contributed by atoms with E-state index in [-0.39, 0.29) is 35.6 Å². The fraction of sp³-hybridized carbons (Fsp3) is 0.636. The molecule has 230 valence electrons. The summed E-state index contributed by atoms with van der Waals surface area (Å²) in [6.45, 7) is 15.6. The number of H-pyrrole nitrogens is 1. The van der Waals surface area contributed by atoms with Gasteiger partial charge in [0.15, 0.2) is 0 Å². The van der Waals surface area contributed by atoms with Gasteiger partial charge in [-0.15, -0.1) is 0 Å². The normalized spacial score (nSPS) is 21.0. The largest absolute Gasteiger partial charge is 0.497 e. The highest BCUT2D eigenvalue weighted by atomic mass is 16.5. The summed E-state index contributed by atoms with van der Waals surface area (Å²) in [5.41, 5.74) is 1.58. The summed E-state index contributed by atoms with van der Waals surface area (Å²) in [6, 6.07) is 3.92. The van der Waals surface area contributed by atoms with Crippen molar-refractivity contribution in [2.24, 2.45) is 16.7 Å². The first-order valence-electron chi connectivity index (χ1n) is 15.2. The summed E-state index contributed by atoms with van der Waals surface area (Å²) in [5.74, 6) is 0.153. The number of nitrogens with one attached hydrogen (secondary N) is 2. The first-order chi connectivity index (χ1) is 19.6. The summed E-state index contributed by atoms with van der Waals surface area (Å²) in [4.78, 5) is 61.4. The van der Waals surface area contributed by atoms with Gasteiger partial charge in [-0.1, -0.05) is 55.4 Å². The topological polar surface area (TPSA) is 112 Å². The highest BCUT2D eigenvalue weighted by molar-refractivity contribution is 6.08. The molecule has 4 amide bonds. The molecule has 1 saturated heterocycles. The maximum absolute atomic E-state index is 14.4. The van der Waals surface area contributed by atoms with Gasteiger partial charge in [-0.05, 0) is 49.3 Å². The van der Waals surface area contributed by atoms with Crippen molar-refractivity contribution < 1.29 is 23.9 Å². The molecule has 1 aromatic carbocycles. The van der Waals surface area contributed by atoms with Crippen molar-refractivity contribution in [2.45, 2.75) is 106 Å². The van der Waals surface area contributed by atoms with Crippen molar-refractivity contribution >= 4 is 34.5 Å². The number of aromatic nitrogens is 1. The minimum absolute atomic E-state index is 0.0320. The standard InChI is InChI=1S/C33H48N4O5/c1-19(2)16-25-27-22(21-14-13-20(42-9)17-23(21)35-27)18-26-29(39)37(31(41)33(6,7)8)24(28(38)36(25)26)12-10-11-15-34-30(40)32(3,4)5/h13-14,17,19,24-26,35H,10-12,15-16,18H2,1-9H3,(H,34,40). The van der Waals surface area contributed by atoms with Crippen molar-refractivity contribution in [3.8, 4) is 5.75 Å². The molecule has 3 unspecified atom stereocenters. The zero-order valence-corrected chi connectivity index (χ0v) is 26.7. The van der Waals surface area contributed by atoms with E-state index >= 15 is 0 Å². The molecule has 1 fully saturated rings. The predicted octanol–water partition coefficient (Wildman–Crippen LogP) is 5.13. The molecule has 0 radical (unpaired) electrons. The van der Waals surface area contributed by atoms with Crippen molar-refractivity contribution in [3.05, 3.63) is 29.5 Å². The Kier molecular flexibility index (Phi) is 8.82. The fourth-order valence-corrected chi connectivity index (χ4v) is 6.11. The molecule has 9 heteroatoms. The van der Waals surface area contributed by atoms with Crippen molar-refractivity contribution in [2.75, 3.05) is 13.7 Å². The lowest BCUT2D eigenvalue weighted by Crippen LogP contribution is -2.69. The number of carbonyl (C=O) groups is 4. The smallest absolute Gasteiger partial charge is 0.253 e. The molecule has 0 saturated carbocycles. The number of nitrogens with zero attached hydrogens (tertiary/aromatic N) is 2. The van der Waals surface area contributed by atoms with Crippen LogP contribution in [-0.4, -0.2) is 64.2 Å². The maximum atomic E-state index is 14.4. The number of ether oxygens (including phenoxy) is 1. The van der Waals surface area contributed by atoms with Gasteiger partial charge in [0, 0.05) is 46.5 Å². The number of aromatic amines is 1. The lowest BCUT2D eigenvalue weighted by molar-refractivity contribution is -0.174. The number of hydrogen-bond acceptors (Lipinski definition) is 5. The number of amides is 4. The van der Waals surface area contributed by atoms with Gasteiger partial charge in [-0.3, -0.25) is 24.1 Å². The molecule has 3 heterocycles. The summed E-state index contributed by atoms with van der Waals surface area (Å²) < 4.78 is 5.44. The second-order valence-corrected chi connectivity index (χ2v) is 14.3. The Bertz CT molecular complexity index is 1360. The predicted molar refractivity (Wildman–Crippen MR) is 163 cm³/mol. The van der Waals surface area contributed by atoms with Gasteiger partial charge in [0.1, 0.15) is 17.8 Å². The molecule has 4 rings (SSSR count). The Hall–Kier alpha value is -3.36. The number of carbonyl (C=O) groups excluding carboxylic acids is 4. The van der Waals surface area contributed by atoms with E-state index in [9.17, 15) is 19.2 Å². The number of imide groups is 1. The zero-order chi connectivity index (χ0) is 31.1. The molecule has 1 aromatic heterocycles. The number of rotatable bonds is 8. The average Bonchev–Trinajstić information content (AvgIpc) is 3.26. The van der Waals surface area contributed by atoms with Gasteiger partial charge in [0.05, 0.1) is 13.2 Å². The lowest BCUT2D eigenvalue weighted by Gasteiger charge is -2.50. The Morgan fingerprint density at radius 3 is 2.31 bits per heavy atom. The second kappa shape index (κ2) is 11.7. The highest BCUT2D eigenvalue weighted by Gasteiger charge is 2.54. The third kappa shape index (κ3) is 6.06. The second-order valence-electron chi connectivity index (χ2n) is 14.3. The Morgan fingerprint density at radius 2 is 1.71 bits per heavy atom. The molecule has 2 aromatic rings. The zero-order valence-electron chi connectivity index (χ0n) is 26.7. The Balaban J connectivity index is 1.69. The van der Waals surface area contributed by atoms with Crippen LogP contribution in [0.4, 0.5) is 0 Å². The summed E-state index contributed by atoms with van der Waals surface area (Å²) in [6.07, 6.45) is 2.62. The SMILES string of the molecule is COc1ccc2c3c([nH]c2c1)C(CC(C)C)N1C(=O)C(CCCCNC(=O)C(C)(C)C)N(C(=O)C(C)(C)C)C(=O)C1C3. The van der Waals surface area contributed by atoms with Crippen LogP contribution in [-0.2, 0) is 25.6 Å². The van der Waals surface area contributed by atoms with E-state index in [1.54, 1.807) is 32.8 Å². The van der Waals surface area contributed by atoms with Gasteiger partial charge < -0.3 is 19.9 Å². The molecule has 2 aliphatic rings. The molecule has 2 N–H and O–H groups in total. The third-order valence-corrected chi connectivity index (χ3v) is 8.35. The van der Waals surface area contributed by atoms with E-state index in [4.69, 9.17) is 4.74 Å². The van der Waals surface area contributed by atoms with Crippen LogP contribution >= 0.6 is 0 Å².